The Balaban J connectivity index is 2.79. The van der Waals surface area contributed by atoms with Gasteiger partial charge in [-0.15, -0.1) is 6.58 Å². The zero-order chi connectivity index (χ0) is 16.4. The molecule has 0 radical (unpaired) electrons. The first-order valence-corrected chi connectivity index (χ1v) is 7.87. The molecule has 22 heavy (non-hydrogen) atoms. The van der Waals surface area contributed by atoms with Gasteiger partial charge in [-0.05, 0) is 31.9 Å². The van der Waals surface area contributed by atoms with Gasteiger partial charge in [0.25, 0.3) is 0 Å². The maximum atomic E-state index is 10.1. The number of para-hydroxylation sites is 1. The molecule has 124 valence electrons. The van der Waals surface area contributed by atoms with E-state index in [1.54, 1.807) is 14.2 Å². The summed E-state index contributed by atoms with van der Waals surface area (Å²) in [5.74, 6) is 1.51. The van der Waals surface area contributed by atoms with E-state index in [2.05, 4.69) is 18.4 Å². The van der Waals surface area contributed by atoms with Crippen molar-refractivity contribution >= 4 is 0 Å². The van der Waals surface area contributed by atoms with Gasteiger partial charge in [0, 0.05) is 18.7 Å². The van der Waals surface area contributed by atoms with Gasteiger partial charge in [-0.3, -0.25) is 4.90 Å². The molecule has 0 heterocycles. The van der Waals surface area contributed by atoms with E-state index >= 15 is 0 Å². The van der Waals surface area contributed by atoms with Gasteiger partial charge in [-0.25, -0.2) is 0 Å². The summed E-state index contributed by atoms with van der Waals surface area (Å²) in [6.45, 7) is 8.17. The first-order chi connectivity index (χ1) is 10.7. The number of ether oxygens (including phenoxy) is 2. The second kappa shape index (κ2) is 10.2. The molecule has 0 saturated heterocycles. The van der Waals surface area contributed by atoms with E-state index in [0.717, 1.165) is 49.4 Å². The molecular weight excluding hydrogens is 278 g/mol. The number of nitrogens with zero attached hydrogens (tertiary/aromatic N) is 1. The summed E-state index contributed by atoms with van der Waals surface area (Å²) >= 11 is 0. The molecule has 0 spiro atoms. The Morgan fingerprint density at radius 3 is 2.68 bits per heavy atom. The fraction of sp³-hybridized carbons (Fsp3) is 0.556. The van der Waals surface area contributed by atoms with E-state index < -0.39 is 0 Å². The van der Waals surface area contributed by atoms with Crippen LogP contribution in [0.25, 0.3) is 0 Å². The van der Waals surface area contributed by atoms with Crippen LogP contribution >= 0.6 is 0 Å². The average molecular weight is 307 g/mol. The van der Waals surface area contributed by atoms with Crippen molar-refractivity contribution in [1.82, 2.24) is 4.90 Å². The monoisotopic (exact) mass is 307 g/mol. The molecule has 0 saturated carbocycles. The number of aliphatic hydroxyl groups is 1. The smallest absolute Gasteiger partial charge is 0.165 e. The van der Waals surface area contributed by atoms with Gasteiger partial charge in [0.1, 0.15) is 0 Å². The molecule has 0 bridgehead atoms. The third-order valence-electron chi connectivity index (χ3n) is 3.59. The molecule has 1 rings (SSSR count). The van der Waals surface area contributed by atoms with Gasteiger partial charge < -0.3 is 14.6 Å². The molecular formula is C18H29NO3. The van der Waals surface area contributed by atoms with Crippen LogP contribution in [0.4, 0.5) is 0 Å². The lowest BCUT2D eigenvalue weighted by molar-refractivity contribution is 0.102. The third kappa shape index (κ3) is 5.70. The summed E-state index contributed by atoms with van der Waals surface area (Å²) in [7, 11) is 3.30. The van der Waals surface area contributed by atoms with Crippen molar-refractivity contribution in [2.24, 2.45) is 0 Å². The molecule has 1 aromatic rings. The minimum Gasteiger partial charge on any atom is -0.493 e. The number of methoxy groups -OCH3 is 2. The maximum absolute atomic E-state index is 10.1. The van der Waals surface area contributed by atoms with Crippen LogP contribution in [-0.2, 0) is 6.54 Å². The summed E-state index contributed by atoms with van der Waals surface area (Å²) in [6, 6.07) is 5.90. The zero-order valence-corrected chi connectivity index (χ0v) is 14.0. The lowest BCUT2D eigenvalue weighted by Crippen LogP contribution is -2.32. The zero-order valence-electron chi connectivity index (χ0n) is 14.0. The molecule has 0 aliphatic heterocycles. The van der Waals surface area contributed by atoms with Gasteiger partial charge in [0.2, 0.25) is 0 Å². The first-order valence-electron chi connectivity index (χ1n) is 7.87. The van der Waals surface area contributed by atoms with Gasteiger partial charge in [-0.2, -0.15) is 0 Å². The molecule has 4 heteroatoms. The average Bonchev–Trinajstić information content (AvgIpc) is 2.52. The Morgan fingerprint density at radius 2 is 2.09 bits per heavy atom. The van der Waals surface area contributed by atoms with Gasteiger partial charge >= 0.3 is 0 Å². The summed E-state index contributed by atoms with van der Waals surface area (Å²) in [4.78, 5) is 2.26. The minimum absolute atomic E-state index is 0.332. The molecule has 0 aliphatic rings. The second-order valence-electron chi connectivity index (χ2n) is 5.41. The summed E-state index contributed by atoms with van der Waals surface area (Å²) in [5, 5.41) is 10.1. The quantitative estimate of drug-likeness (QED) is 0.637. The highest BCUT2D eigenvalue weighted by Gasteiger charge is 2.15. The Morgan fingerprint density at radius 1 is 1.32 bits per heavy atom. The lowest BCUT2D eigenvalue weighted by atomic mass is 10.1. The molecule has 0 fully saturated rings. The van der Waals surface area contributed by atoms with E-state index in [9.17, 15) is 5.11 Å². The Bertz CT molecular complexity index is 448. The number of benzene rings is 1. The van der Waals surface area contributed by atoms with Crippen LogP contribution in [0.5, 0.6) is 11.5 Å². The summed E-state index contributed by atoms with van der Waals surface area (Å²) in [5.41, 5.74) is 1.08. The minimum atomic E-state index is -0.332. The fourth-order valence-corrected chi connectivity index (χ4v) is 2.57. The maximum Gasteiger partial charge on any atom is 0.165 e. The van der Waals surface area contributed by atoms with Crippen molar-refractivity contribution in [3.63, 3.8) is 0 Å². The third-order valence-corrected chi connectivity index (χ3v) is 3.59. The van der Waals surface area contributed by atoms with E-state index in [4.69, 9.17) is 9.47 Å². The van der Waals surface area contributed by atoms with Crippen molar-refractivity contribution in [3.8, 4) is 11.5 Å². The van der Waals surface area contributed by atoms with Gasteiger partial charge in [0.05, 0.1) is 20.3 Å². The number of hydrogen-bond acceptors (Lipinski definition) is 4. The van der Waals surface area contributed by atoms with Crippen LogP contribution in [-0.4, -0.2) is 43.4 Å². The predicted octanol–water partition coefficient (Wildman–Crippen LogP) is 3.24. The van der Waals surface area contributed by atoms with Crippen LogP contribution in [0.15, 0.2) is 30.9 Å². The molecule has 0 aromatic heterocycles. The molecule has 0 aliphatic carbocycles. The van der Waals surface area contributed by atoms with Crippen LogP contribution in [0.1, 0.15) is 31.7 Å². The van der Waals surface area contributed by atoms with Crippen molar-refractivity contribution in [2.45, 2.75) is 38.8 Å². The number of hydrogen-bond donors (Lipinski definition) is 1. The van der Waals surface area contributed by atoms with E-state index in [1.165, 1.54) is 0 Å². The van der Waals surface area contributed by atoms with Crippen molar-refractivity contribution in [3.05, 3.63) is 36.4 Å². The van der Waals surface area contributed by atoms with E-state index in [-0.39, 0.29) is 6.10 Å². The van der Waals surface area contributed by atoms with Crippen LogP contribution in [0.3, 0.4) is 0 Å². The summed E-state index contributed by atoms with van der Waals surface area (Å²) in [6.07, 6.45) is 4.14. The van der Waals surface area contributed by atoms with Crippen LogP contribution in [0, 0.1) is 0 Å². The van der Waals surface area contributed by atoms with Crippen LogP contribution < -0.4 is 9.47 Å². The molecule has 1 N–H and O–H groups in total. The number of aliphatic hydroxyl groups excluding tert-OH is 1. The highest BCUT2D eigenvalue weighted by Crippen LogP contribution is 2.31. The van der Waals surface area contributed by atoms with Crippen molar-refractivity contribution < 1.29 is 14.6 Å². The topological polar surface area (TPSA) is 41.9 Å². The molecule has 0 unspecified atom stereocenters. The largest absolute Gasteiger partial charge is 0.493 e. The molecule has 4 nitrogen and oxygen atoms in total. The highest BCUT2D eigenvalue weighted by molar-refractivity contribution is 5.46. The summed E-state index contributed by atoms with van der Waals surface area (Å²) < 4.78 is 10.8. The van der Waals surface area contributed by atoms with E-state index in [1.807, 2.05) is 24.3 Å². The molecule has 1 aromatic carbocycles. The Kier molecular flexibility index (Phi) is 8.63. The van der Waals surface area contributed by atoms with E-state index in [0.29, 0.717) is 6.54 Å². The fourth-order valence-electron chi connectivity index (χ4n) is 2.57. The normalized spacial score (nSPS) is 12.2. The second-order valence-corrected chi connectivity index (χ2v) is 5.41. The molecule has 0 amide bonds. The lowest BCUT2D eigenvalue weighted by Gasteiger charge is -2.25. The number of allylic oxidation sites excluding steroid dienone is 1. The molecule has 1 atom stereocenters. The predicted molar refractivity (Wildman–Crippen MR) is 90.6 cm³/mol. The van der Waals surface area contributed by atoms with Crippen molar-refractivity contribution in [2.75, 3.05) is 27.3 Å². The number of rotatable bonds is 11. The van der Waals surface area contributed by atoms with Crippen LogP contribution in [0.2, 0.25) is 0 Å². The Hall–Kier alpha value is -1.52. The van der Waals surface area contributed by atoms with Gasteiger partial charge in [0.15, 0.2) is 11.5 Å². The first kappa shape index (κ1) is 18.5. The highest BCUT2D eigenvalue weighted by atomic mass is 16.5. The van der Waals surface area contributed by atoms with Gasteiger partial charge in [-0.1, -0.05) is 25.1 Å². The SMILES string of the molecule is C=CCC[C@@H](O)CN(CCC)Cc1cccc(OC)c1OC. The van der Waals surface area contributed by atoms with Crippen molar-refractivity contribution in [1.29, 1.82) is 0 Å². The Labute approximate surface area is 134 Å². The standard InChI is InChI=1S/C18H29NO3/c1-5-7-10-16(20)14-19(12-6-2)13-15-9-8-11-17(21-3)18(15)22-4/h5,8-9,11,16,20H,1,6-7,10,12-14H2,2-4H3/t16-/m1/s1.